The molecule has 37 heavy (non-hydrogen) atoms. The summed E-state index contributed by atoms with van der Waals surface area (Å²) in [5.41, 5.74) is 0.193. The molecule has 0 bridgehead atoms. The van der Waals surface area contributed by atoms with Crippen LogP contribution in [0, 0.1) is 5.92 Å². The van der Waals surface area contributed by atoms with Crippen molar-refractivity contribution in [2.24, 2.45) is 5.92 Å². The summed E-state index contributed by atoms with van der Waals surface area (Å²) in [6, 6.07) is 11.6. The summed E-state index contributed by atoms with van der Waals surface area (Å²) in [4.78, 5) is 44.2. The second kappa shape index (κ2) is 15.1. The largest absolute Gasteiger partial charge is 0.481 e. The number of carboxylic acids is 4. The zero-order valence-corrected chi connectivity index (χ0v) is 20.4. The van der Waals surface area contributed by atoms with E-state index in [2.05, 4.69) is 0 Å². The summed E-state index contributed by atoms with van der Waals surface area (Å²) >= 11 is 0. The molecule has 10 nitrogen and oxygen atoms in total. The molecule has 0 saturated carbocycles. The van der Waals surface area contributed by atoms with E-state index in [0.717, 1.165) is 19.3 Å². The third-order valence-corrected chi connectivity index (χ3v) is 5.76. The molecule has 0 amide bonds. The number of hydrogen-bond acceptors (Lipinski definition) is 6. The maximum absolute atomic E-state index is 11.4. The first-order valence-electron chi connectivity index (χ1n) is 12.1. The molecular formula is C27H32O10. The van der Waals surface area contributed by atoms with E-state index in [-0.39, 0.29) is 29.9 Å². The first-order valence-corrected chi connectivity index (χ1v) is 12.1. The number of benzene rings is 2. The van der Waals surface area contributed by atoms with Gasteiger partial charge in [-0.2, -0.15) is 0 Å². The van der Waals surface area contributed by atoms with E-state index in [9.17, 15) is 24.3 Å². The number of aromatic carboxylic acids is 2. The van der Waals surface area contributed by atoms with Gasteiger partial charge in [-0.25, -0.2) is 9.59 Å². The van der Waals surface area contributed by atoms with Crippen molar-refractivity contribution in [3.8, 4) is 11.5 Å². The van der Waals surface area contributed by atoms with E-state index in [0.29, 0.717) is 37.2 Å². The second-order valence-electron chi connectivity index (χ2n) is 8.71. The molecule has 0 aliphatic carbocycles. The highest BCUT2D eigenvalue weighted by molar-refractivity contribution is 5.88. The summed E-state index contributed by atoms with van der Waals surface area (Å²) in [6.07, 6.45) is 3.67. The number of carboxylic acid groups (broad SMARTS) is 4. The van der Waals surface area contributed by atoms with Crippen molar-refractivity contribution in [3.63, 3.8) is 0 Å². The maximum Gasteiger partial charge on any atom is 0.335 e. The Morgan fingerprint density at radius 1 is 0.595 bits per heavy atom. The predicted octanol–water partition coefficient (Wildman–Crippen LogP) is 5.16. The molecule has 2 rings (SSSR count). The Morgan fingerprint density at radius 2 is 1.08 bits per heavy atom. The lowest BCUT2D eigenvalue weighted by Gasteiger charge is -2.23. The molecule has 1 unspecified atom stereocenters. The molecule has 0 aliphatic heterocycles. The van der Waals surface area contributed by atoms with Gasteiger partial charge in [0.2, 0.25) is 6.29 Å². The first kappa shape index (κ1) is 29.2. The van der Waals surface area contributed by atoms with Crippen molar-refractivity contribution in [3.05, 3.63) is 59.7 Å². The number of rotatable bonds is 18. The molecule has 0 aromatic heterocycles. The molecule has 2 aromatic rings. The van der Waals surface area contributed by atoms with Crippen LogP contribution in [0.3, 0.4) is 0 Å². The molecule has 0 heterocycles. The second-order valence-corrected chi connectivity index (χ2v) is 8.71. The van der Waals surface area contributed by atoms with Crippen LogP contribution >= 0.6 is 0 Å². The van der Waals surface area contributed by atoms with E-state index < -0.39 is 30.2 Å². The molecule has 0 saturated heterocycles. The Bertz CT molecular complexity index is 971. The molecule has 2 aromatic carbocycles. The van der Waals surface area contributed by atoms with Gasteiger partial charge in [-0.1, -0.05) is 19.3 Å². The highest BCUT2D eigenvalue weighted by atomic mass is 16.7. The average molecular weight is 517 g/mol. The van der Waals surface area contributed by atoms with E-state index in [1.165, 1.54) is 48.5 Å². The van der Waals surface area contributed by atoms with Crippen molar-refractivity contribution in [2.45, 2.75) is 64.1 Å². The lowest BCUT2D eigenvalue weighted by molar-refractivity contribution is -0.139. The highest BCUT2D eigenvalue weighted by Crippen LogP contribution is 2.25. The molecule has 4 N–H and O–H groups in total. The highest BCUT2D eigenvalue weighted by Gasteiger charge is 2.19. The standard InChI is InChI=1S/C27H32O10/c28-23(29)6-4-2-1-3-5-18(17-24(30)31)7-16-25(36-21-12-8-19(9-13-21)26(32)33)37-22-14-10-20(11-15-22)27(34)35/h8-15,18,25H,1-7,16-17H2,(H,28,29)(H,30,31)(H,32,33)(H,34,35). The van der Waals surface area contributed by atoms with Gasteiger partial charge in [0, 0.05) is 19.3 Å². The smallest absolute Gasteiger partial charge is 0.335 e. The van der Waals surface area contributed by atoms with Gasteiger partial charge in [0.1, 0.15) is 11.5 Å². The fraction of sp³-hybridized carbons (Fsp3) is 0.407. The van der Waals surface area contributed by atoms with Crippen molar-refractivity contribution in [1.29, 1.82) is 0 Å². The molecule has 10 heteroatoms. The monoisotopic (exact) mass is 516 g/mol. The van der Waals surface area contributed by atoms with Gasteiger partial charge in [-0.05, 0) is 73.7 Å². The van der Waals surface area contributed by atoms with Gasteiger partial charge in [-0.3, -0.25) is 9.59 Å². The van der Waals surface area contributed by atoms with Gasteiger partial charge in [0.05, 0.1) is 11.1 Å². The van der Waals surface area contributed by atoms with Crippen molar-refractivity contribution >= 4 is 23.9 Å². The van der Waals surface area contributed by atoms with Crippen LogP contribution in [0.4, 0.5) is 0 Å². The molecular weight excluding hydrogens is 484 g/mol. The summed E-state index contributed by atoms with van der Waals surface area (Å²) in [7, 11) is 0. The van der Waals surface area contributed by atoms with Crippen LogP contribution in [0.15, 0.2) is 48.5 Å². The summed E-state index contributed by atoms with van der Waals surface area (Å²) in [5, 5.41) is 36.3. The van der Waals surface area contributed by atoms with Gasteiger partial charge < -0.3 is 29.9 Å². The topological polar surface area (TPSA) is 168 Å². The Kier molecular flexibility index (Phi) is 11.9. The zero-order valence-electron chi connectivity index (χ0n) is 20.4. The summed E-state index contributed by atoms with van der Waals surface area (Å²) < 4.78 is 11.9. The molecule has 200 valence electrons. The Hall–Kier alpha value is -4.08. The van der Waals surface area contributed by atoms with E-state index in [1.807, 2.05) is 0 Å². The van der Waals surface area contributed by atoms with Crippen LogP contribution in [0.1, 0.15) is 78.5 Å². The van der Waals surface area contributed by atoms with Crippen LogP contribution in [0.2, 0.25) is 0 Å². The van der Waals surface area contributed by atoms with Gasteiger partial charge in [0.25, 0.3) is 0 Å². The van der Waals surface area contributed by atoms with Crippen molar-refractivity contribution in [2.75, 3.05) is 0 Å². The zero-order chi connectivity index (χ0) is 27.2. The minimum absolute atomic E-state index is 0.0253. The SMILES string of the molecule is O=C(O)CCCCCCC(CCC(Oc1ccc(C(=O)O)cc1)Oc1ccc(C(=O)O)cc1)CC(=O)O. The fourth-order valence-corrected chi connectivity index (χ4v) is 3.83. The van der Waals surface area contributed by atoms with E-state index in [4.69, 9.17) is 24.8 Å². The van der Waals surface area contributed by atoms with Crippen LogP contribution in [-0.2, 0) is 9.59 Å². The van der Waals surface area contributed by atoms with Crippen LogP contribution in [0.25, 0.3) is 0 Å². The Balaban J connectivity index is 2.04. The fourth-order valence-electron chi connectivity index (χ4n) is 3.83. The molecule has 0 spiro atoms. The normalized spacial score (nSPS) is 11.6. The number of aliphatic carboxylic acids is 2. The Labute approximate surface area is 214 Å². The molecule has 0 aliphatic rings. The minimum atomic E-state index is -1.07. The lowest BCUT2D eigenvalue weighted by Crippen LogP contribution is -2.25. The van der Waals surface area contributed by atoms with E-state index in [1.54, 1.807) is 0 Å². The third kappa shape index (κ3) is 11.5. The van der Waals surface area contributed by atoms with Gasteiger partial charge in [0.15, 0.2) is 0 Å². The molecule has 1 atom stereocenters. The molecule has 0 fully saturated rings. The van der Waals surface area contributed by atoms with Crippen molar-refractivity contribution in [1.82, 2.24) is 0 Å². The maximum atomic E-state index is 11.4. The third-order valence-electron chi connectivity index (χ3n) is 5.76. The number of unbranched alkanes of at least 4 members (excludes halogenated alkanes) is 3. The van der Waals surface area contributed by atoms with Gasteiger partial charge in [-0.15, -0.1) is 0 Å². The molecule has 0 radical (unpaired) electrons. The van der Waals surface area contributed by atoms with Crippen molar-refractivity contribution < 1.29 is 49.1 Å². The van der Waals surface area contributed by atoms with Gasteiger partial charge >= 0.3 is 23.9 Å². The minimum Gasteiger partial charge on any atom is -0.481 e. The summed E-state index contributed by atoms with van der Waals surface area (Å²) in [6.45, 7) is 0. The average Bonchev–Trinajstić information content (AvgIpc) is 2.84. The number of ether oxygens (including phenoxy) is 2. The number of hydrogen-bond donors (Lipinski definition) is 4. The van der Waals surface area contributed by atoms with E-state index >= 15 is 0 Å². The van der Waals surface area contributed by atoms with Crippen LogP contribution in [0.5, 0.6) is 11.5 Å². The summed E-state index contributed by atoms with van der Waals surface area (Å²) in [5.74, 6) is -3.30. The Morgan fingerprint density at radius 3 is 1.51 bits per heavy atom. The predicted molar refractivity (Wildman–Crippen MR) is 132 cm³/mol. The quantitative estimate of drug-likeness (QED) is 0.153. The first-order chi connectivity index (χ1) is 17.6. The van der Waals surface area contributed by atoms with Crippen LogP contribution in [-0.4, -0.2) is 50.6 Å². The van der Waals surface area contributed by atoms with Crippen LogP contribution < -0.4 is 9.47 Å². The lowest BCUT2D eigenvalue weighted by atomic mass is 9.92. The number of carbonyl (C=O) groups is 4.